The van der Waals surface area contributed by atoms with Crippen molar-refractivity contribution in [2.24, 2.45) is 0 Å². The number of halogens is 2. The minimum Gasteiger partial charge on any atom is -0.372 e. The summed E-state index contributed by atoms with van der Waals surface area (Å²) in [6.07, 6.45) is 0.433. The standard InChI is InChI=1S/C11H13BrFNO/c1-8(15)5-6-14(2)11-7-9(12)3-4-10(11)13/h3-4,7H,5-6H2,1-2H3. The molecule has 0 unspecified atom stereocenters. The van der Waals surface area contributed by atoms with Gasteiger partial charge in [0.1, 0.15) is 11.6 Å². The molecule has 4 heteroatoms. The van der Waals surface area contributed by atoms with Crippen LogP contribution >= 0.6 is 15.9 Å². The van der Waals surface area contributed by atoms with Crippen LogP contribution in [0.15, 0.2) is 22.7 Å². The molecule has 82 valence electrons. The maximum atomic E-state index is 13.4. The Morgan fingerprint density at radius 3 is 2.80 bits per heavy atom. The summed E-state index contributed by atoms with van der Waals surface area (Å²) in [4.78, 5) is 12.5. The highest BCUT2D eigenvalue weighted by Gasteiger charge is 2.08. The van der Waals surface area contributed by atoms with Gasteiger partial charge in [0, 0.05) is 24.5 Å². The molecule has 0 fully saturated rings. The first-order valence-corrected chi connectivity index (χ1v) is 5.45. The lowest BCUT2D eigenvalue weighted by atomic mass is 10.2. The third kappa shape index (κ3) is 3.63. The van der Waals surface area contributed by atoms with Crippen LogP contribution in [0.4, 0.5) is 10.1 Å². The van der Waals surface area contributed by atoms with Crippen molar-refractivity contribution >= 4 is 27.4 Å². The SMILES string of the molecule is CC(=O)CCN(C)c1cc(Br)ccc1F. The van der Waals surface area contributed by atoms with Gasteiger partial charge in [-0.15, -0.1) is 0 Å². The summed E-state index contributed by atoms with van der Waals surface area (Å²) in [5.41, 5.74) is 0.505. The predicted molar refractivity (Wildman–Crippen MR) is 62.7 cm³/mol. The fourth-order valence-electron chi connectivity index (χ4n) is 1.22. The molecule has 0 saturated heterocycles. The van der Waals surface area contributed by atoms with Crippen LogP contribution in [0.25, 0.3) is 0 Å². The van der Waals surface area contributed by atoms with E-state index < -0.39 is 0 Å². The third-order valence-corrected chi connectivity index (χ3v) is 2.61. The van der Waals surface area contributed by atoms with Gasteiger partial charge in [0.15, 0.2) is 0 Å². The highest BCUT2D eigenvalue weighted by molar-refractivity contribution is 9.10. The highest BCUT2D eigenvalue weighted by Crippen LogP contribution is 2.22. The fourth-order valence-corrected chi connectivity index (χ4v) is 1.57. The third-order valence-electron chi connectivity index (χ3n) is 2.12. The van der Waals surface area contributed by atoms with Crippen LogP contribution in [-0.4, -0.2) is 19.4 Å². The van der Waals surface area contributed by atoms with E-state index in [1.165, 1.54) is 13.0 Å². The highest BCUT2D eigenvalue weighted by atomic mass is 79.9. The van der Waals surface area contributed by atoms with E-state index in [1.807, 2.05) is 0 Å². The van der Waals surface area contributed by atoms with Crippen molar-refractivity contribution in [1.82, 2.24) is 0 Å². The molecule has 0 N–H and O–H groups in total. The molecule has 0 aromatic heterocycles. The smallest absolute Gasteiger partial charge is 0.146 e. The van der Waals surface area contributed by atoms with Crippen LogP contribution in [0.3, 0.4) is 0 Å². The Labute approximate surface area is 97.2 Å². The van der Waals surface area contributed by atoms with Gasteiger partial charge in [0.05, 0.1) is 5.69 Å². The molecule has 0 atom stereocenters. The summed E-state index contributed by atoms with van der Waals surface area (Å²) >= 11 is 3.28. The molecule has 1 rings (SSSR count). The molecule has 0 aliphatic rings. The molecule has 0 saturated carbocycles. The maximum Gasteiger partial charge on any atom is 0.146 e. The minimum atomic E-state index is -0.274. The van der Waals surface area contributed by atoms with Crippen LogP contribution in [0.5, 0.6) is 0 Å². The van der Waals surface area contributed by atoms with Crippen molar-refractivity contribution in [3.63, 3.8) is 0 Å². The molecule has 0 bridgehead atoms. The molecule has 0 spiro atoms. The molecule has 2 nitrogen and oxygen atoms in total. The molecule has 1 aromatic rings. The van der Waals surface area contributed by atoms with Gasteiger partial charge in [0.25, 0.3) is 0 Å². The molecule has 0 heterocycles. The van der Waals surface area contributed by atoms with E-state index in [1.54, 1.807) is 24.1 Å². The predicted octanol–water partition coefficient (Wildman–Crippen LogP) is 3.00. The first-order valence-electron chi connectivity index (χ1n) is 4.66. The van der Waals surface area contributed by atoms with E-state index >= 15 is 0 Å². The number of carbonyl (C=O) groups is 1. The second kappa shape index (κ2) is 5.26. The average Bonchev–Trinajstić information content (AvgIpc) is 2.18. The van der Waals surface area contributed by atoms with Crippen molar-refractivity contribution in [2.75, 3.05) is 18.5 Å². The number of benzene rings is 1. The van der Waals surface area contributed by atoms with E-state index in [0.29, 0.717) is 18.7 Å². The van der Waals surface area contributed by atoms with Gasteiger partial charge in [0.2, 0.25) is 0 Å². The first-order chi connectivity index (χ1) is 7.00. The van der Waals surface area contributed by atoms with Crippen LogP contribution in [0, 0.1) is 5.82 Å². The quantitative estimate of drug-likeness (QED) is 0.841. The van der Waals surface area contributed by atoms with E-state index in [9.17, 15) is 9.18 Å². The topological polar surface area (TPSA) is 20.3 Å². The number of nitrogens with zero attached hydrogens (tertiary/aromatic N) is 1. The summed E-state index contributed by atoms with van der Waals surface area (Å²) in [6.45, 7) is 2.06. The summed E-state index contributed by atoms with van der Waals surface area (Å²) in [5.74, 6) is -0.165. The average molecular weight is 274 g/mol. The number of hydrogen-bond acceptors (Lipinski definition) is 2. The Bertz CT molecular complexity index is 368. The Hall–Kier alpha value is -0.900. The molecular formula is C11H13BrFNO. The maximum absolute atomic E-state index is 13.4. The van der Waals surface area contributed by atoms with Crippen molar-refractivity contribution in [1.29, 1.82) is 0 Å². The van der Waals surface area contributed by atoms with E-state index in [0.717, 1.165) is 4.47 Å². The van der Waals surface area contributed by atoms with E-state index in [-0.39, 0.29) is 11.6 Å². The number of anilines is 1. The van der Waals surface area contributed by atoms with Crippen molar-refractivity contribution < 1.29 is 9.18 Å². The summed E-state index contributed by atoms with van der Waals surface area (Å²) in [7, 11) is 1.77. The number of hydrogen-bond donors (Lipinski definition) is 0. The zero-order valence-electron chi connectivity index (χ0n) is 8.76. The summed E-state index contributed by atoms with van der Waals surface area (Å²) in [6, 6.07) is 4.76. The second-order valence-corrected chi connectivity index (χ2v) is 4.38. The van der Waals surface area contributed by atoms with Gasteiger partial charge >= 0.3 is 0 Å². The molecule has 0 radical (unpaired) electrons. The lowest BCUT2D eigenvalue weighted by Gasteiger charge is -2.19. The zero-order chi connectivity index (χ0) is 11.4. The summed E-state index contributed by atoms with van der Waals surface area (Å²) < 4.78 is 14.2. The largest absolute Gasteiger partial charge is 0.372 e. The fraction of sp³-hybridized carbons (Fsp3) is 0.364. The first kappa shape index (κ1) is 12.2. The van der Waals surface area contributed by atoms with Gasteiger partial charge in [-0.25, -0.2) is 4.39 Å². The molecular weight excluding hydrogens is 261 g/mol. The Morgan fingerprint density at radius 2 is 2.20 bits per heavy atom. The van der Waals surface area contributed by atoms with Crippen LogP contribution < -0.4 is 4.90 Å². The second-order valence-electron chi connectivity index (χ2n) is 3.47. The van der Waals surface area contributed by atoms with Crippen molar-refractivity contribution in [3.05, 3.63) is 28.5 Å². The summed E-state index contributed by atoms with van der Waals surface area (Å²) in [5, 5.41) is 0. The number of Topliss-reactive ketones (excluding diaryl/α,β-unsaturated/α-hetero) is 1. The number of ketones is 1. The lowest BCUT2D eigenvalue weighted by Crippen LogP contribution is -2.21. The van der Waals surface area contributed by atoms with Crippen LogP contribution in [0.2, 0.25) is 0 Å². The minimum absolute atomic E-state index is 0.109. The number of carbonyl (C=O) groups excluding carboxylic acids is 1. The van der Waals surface area contributed by atoms with E-state index in [2.05, 4.69) is 15.9 Å². The molecule has 0 aliphatic carbocycles. The Kier molecular flexibility index (Phi) is 4.27. The van der Waals surface area contributed by atoms with Gasteiger partial charge in [-0.2, -0.15) is 0 Å². The zero-order valence-corrected chi connectivity index (χ0v) is 10.3. The van der Waals surface area contributed by atoms with Gasteiger partial charge in [-0.05, 0) is 25.1 Å². The molecule has 1 aromatic carbocycles. The lowest BCUT2D eigenvalue weighted by molar-refractivity contribution is -0.116. The van der Waals surface area contributed by atoms with Gasteiger partial charge in [-0.1, -0.05) is 15.9 Å². The van der Waals surface area contributed by atoms with Gasteiger partial charge in [-0.3, -0.25) is 4.79 Å². The molecule has 0 amide bonds. The number of rotatable bonds is 4. The van der Waals surface area contributed by atoms with Gasteiger partial charge < -0.3 is 4.90 Å². The Morgan fingerprint density at radius 1 is 1.53 bits per heavy atom. The monoisotopic (exact) mass is 273 g/mol. The van der Waals surface area contributed by atoms with Crippen molar-refractivity contribution in [3.8, 4) is 0 Å². The van der Waals surface area contributed by atoms with Crippen molar-refractivity contribution in [2.45, 2.75) is 13.3 Å². The normalized spacial score (nSPS) is 10.1. The van der Waals surface area contributed by atoms with E-state index in [4.69, 9.17) is 0 Å². The van der Waals surface area contributed by atoms with Crippen LogP contribution in [-0.2, 0) is 4.79 Å². The molecule has 0 aliphatic heterocycles. The van der Waals surface area contributed by atoms with Crippen LogP contribution in [0.1, 0.15) is 13.3 Å². The molecule has 15 heavy (non-hydrogen) atoms. The Balaban J connectivity index is 2.76.